The smallest absolute Gasteiger partial charge is 0.243 e. The summed E-state index contributed by atoms with van der Waals surface area (Å²) in [5, 5.41) is 5.65. The summed E-state index contributed by atoms with van der Waals surface area (Å²) in [5.41, 5.74) is 2.82. The number of likely N-dealkylation sites (N-methyl/N-ethyl adjacent to an activating group) is 1. The molecular weight excluding hydrogens is 370 g/mol. The topological polar surface area (TPSA) is 85.0 Å². The van der Waals surface area contributed by atoms with Crippen molar-refractivity contribution >= 4 is 23.4 Å². The molecule has 2 aliphatic heterocycles. The van der Waals surface area contributed by atoms with Gasteiger partial charge in [-0.05, 0) is 44.2 Å². The van der Waals surface area contributed by atoms with E-state index in [1.165, 1.54) is 0 Å². The molecule has 2 fully saturated rings. The third-order valence-corrected chi connectivity index (χ3v) is 5.49. The predicted molar refractivity (Wildman–Crippen MR) is 112 cm³/mol. The van der Waals surface area contributed by atoms with Gasteiger partial charge in [0.2, 0.25) is 17.7 Å². The van der Waals surface area contributed by atoms with E-state index in [0.717, 1.165) is 37.3 Å². The van der Waals surface area contributed by atoms with E-state index in [9.17, 15) is 14.4 Å². The van der Waals surface area contributed by atoms with Crippen LogP contribution < -0.4 is 10.6 Å². The van der Waals surface area contributed by atoms with Crippen molar-refractivity contribution in [3.63, 3.8) is 0 Å². The molecule has 29 heavy (non-hydrogen) atoms. The number of anilines is 1. The highest BCUT2D eigenvalue weighted by atomic mass is 16.2. The molecule has 1 aromatic carbocycles. The Balaban J connectivity index is 1.62. The van der Waals surface area contributed by atoms with E-state index in [0.29, 0.717) is 18.8 Å². The van der Waals surface area contributed by atoms with Crippen molar-refractivity contribution in [2.24, 2.45) is 0 Å². The molecule has 8 nitrogen and oxygen atoms in total. The Labute approximate surface area is 172 Å². The third kappa shape index (κ3) is 5.77. The summed E-state index contributed by atoms with van der Waals surface area (Å²) >= 11 is 0. The van der Waals surface area contributed by atoms with Gasteiger partial charge in [0, 0.05) is 45.0 Å². The zero-order valence-electron chi connectivity index (χ0n) is 17.5. The molecule has 8 heteroatoms. The van der Waals surface area contributed by atoms with Gasteiger partial charge in [-0.25, -0.2) is 0 Å². The largest absolute Gasteiger partial charge is 0.353 e. The number of nitrogens with zero attached hydrogens (tertiary/aromatic N) is 3. The van der Waals surface area contributed by atoms with E-state index in [2.05, 4.69) is 27.5 Å². The first-order valence-corrected chi connectivity index (χ1v) is 10.2. The molecule has 0 aliphatic carbocycles. The second-order valence-corrected chi connectivity index (χ2v) is 8.10. The van der Waals surface area contributed by atoms with Crippen molar-refractivity contribution in [2.75, 3.05) is 58.2 Å². The van der Waals surface area contributed by atoms with Crippen LogP contribution in [0.2, 0.25) is 0 Å². The van der Waals surface area contributed by atoms with E-state index in [1.54, 1.807) is 4.90 Å². The minimum atomic E-state index is -0.769. The van der Waals surface area contributed by atoms with Crippen LogP contribution in [0.5, 0.6) is 0 Å². The SMILES string of the molecule is Cc1cc(C)cc(NC(=O)CC2C(=O)NCCN2C(=O)CN2CCN(C)CC2)c1. The van der Waals surface area contributed by atoms with Crippen LogP contribution in [0.3, 0.4) is 0 Å². The maximum Gasteiger partial charge on any atom is 0.243 e. The Bertz CT molecular complexity index is 753. The van der Waals surface area contributed by atoms with E-state index in [1.807, 2.05) is 32.0 Å². The van der Waals surface area contributed by atoms with Crippen LogP contribution in [0.25, 0.3) is 0 Å². The predicted octanol–water partition coefficient (Wildman–Crippen LogP) is 0.206. The highest BCUT2D eigenvalue weighted by Gasteiger charge is 2.35. The Morgan fingerprint density at radius 3 is 2.38 bits per heavy atom. The lowest BCUT2D eigenvalue weighted by Crippen LogP contribution is -2.60. The average molecular weight is 402 g/mol. The zero-order chi connectivity index (χ0) is 21.0. The highest BCUT2D eigenvalue weighted by Crippen LogP contribution is 2.16. The van der Waals surface area contributed by atoms with Crippen LogP contribution in [0.15, 0.2) is 18.2 Å². The molecule has 2 saturated heterocycles. The fraction of sp³-hybridized carbons (Fsp3) is 0.571. The maximum absolute atomic E-state index is 12.9. The molecular formula is C21H31N5O3. The van der Waals surface area contributed by atoms with Crippen molar-refractivity contribution < 1.29 is 14.4 Å². The lowest BCUT2D eigenvalue weighted by atomic mass is 10.1. The van der Waals surface area contributed by atoms with Gasteiger partial charge < -0.3 is 20.4 Å². The molecule has 158 valence electrons. The molecule has 3 amide bonds. The van der Waals surface area contributed by atoms with Crippen LogP contribution in [0, 0.1) is 13.8 Å². The van der Waals surface area contributed by atoms with Gasteiger partial charge in [0.15, 0.2) is 0 Å². The second-order valence-electron chi connectivity index (χ2n) is 8.10. The number of hydrogen-bond acceptors (Lipinski definition) is 5. The quantitative estimate of drug-likeness (QED) is 0.737. The molecule has 0 saturated carbocycles. The third-order valence-electron chi connectivity index (χ3n) is 5.49. The summed E-state index contributed by atoms with van der Waals surface area (Å²) in [4.78, 5) is 43.8. The number of aryl methyl sites for hydroxylation is 2. The number of amides is 3. The van der Waals surface area contributed by atoms with E-state index in [4.69, 9.17) is 0 Å². The van der Waals surface area contributed by atoms with Gasteiger partial charge in [-0.1, -0.05) is 6.07 Å². The van der Waals surface area contributed by atoms with Crippen molar-refractivity contribution in [1.82, 2.24) is 20.0 Å². The van der Waals surface area contributed by atoms with Crippen LogP contribution >= 0.6 is 0 Å². The van der Waals surface area contributed by atoms with E-state index in [-0.39, 0.29) is 30.7 Å². The average Bonchev–Trinajstić information content (AvgIpc) is 2.64. The van der Waals surface area contributed by atoms with Gasteiger partial charge in [0.1, 0.15) is 6.04 Å². The van der Waals surface area contributed by atoms with Crippen molar-refractivity contribution in [1.29, 1.82) is 0 Å². The monoisotopic (exact) mass is 401 g/mol. The van der Waals surface area contributed by atoms with Crippen LogP contribution in [-0.2, 0) is 14.4 Å². The van der Waals surface area contributed by atoms with Crippen molar-refractivity contribution in [3.8, 4) is 0 Å². The summed E-state index contributed by atoms with van der Waals surface area (Å²) in [6, 6.07) is 5.04. The number of nitrogens with one attached hydrogen (secondary N) is 2. The first-order valence-electron chi connectivity index (χ1n) is 10.2. The lowest BCUT2D eigenvalue weighted by Gasteiger charge is -2.37. The maximum atomic E-state index is 12.9. The second kappa shape index (κ2) is 9.37. The number of hydrogen-bond donors (Lipinski definition) is 2. The normalized spacial score (nSPS) is 21.0. The minimum Gasteiger partial charge on any atom is -0.353 e. The Kier molecular flexibility index (Phi) is 6.87. The molecule has 0 radical (unpaired) electrons. The Hall–Kier alpha value is -2.45. The summed E-state index contributed by atoms with van der Waals surface area (Å²) in [7, 11) is 2.07. The number of benzene rings is 1. The van der Waals surface area contributed by atoms with Crippen LogP contribution in [0.1, 0.15) is 17.5 Å². The van der Waals surface area contributed by atoms with Crippen LogP contribution in [0.4, 0.5) is 5.69 Å². The van der Waals surface area contributed by atoms with Crippen molar-refractivity contribution in [3.05, 3.63) is 29.3 Å². The molecule has 2 aliphatic rings. The minimum absolute atomic E-state index is 0.0483. The molecule has 2 N–H and O–H groups in total. The summed E-state index contributed by atoms with van der Waals surface area (Å²) in [6.45, 7) is 8.59. The zero-order valence-corrected chi connectivity index (χ0v) is 17.5. The Morgan fingerprint density at radius 2 is 1.72 bits per heavy atom. The summed E-state index contributed by atoms with van der Waals surface area (Å²) < 4.78 is 0. The highest BCUT2D eigenvalue weighted by molar-refractivity contribution is 5.97. The molecule has 1 atom stereocenters. The van der Waals surface area contributed by atoms with Gasteiger partial charge in [-0.15, -0.1) is 0 Å². The number of piperazine rings is 2. The standard InChI is InChI=1S/C21H31N5O3/c1-15-10-16(2)12-17(11-15)23-19(27)13-18-21(29)22-4-5-26(18)20(28)14-25-8-6-24(3)7-9-25/h10-12,18H,4-9,13-14H2,1-3H3,(H,22,29)(H,23,27). The molecule has 0 aromatic heterocycles. The van der Waals surface area contributed by atoms with Gasteiger partial charge in [-0.2, -0.15) is 0 Å². The van der Waals surface area contributed by atoms with Gasteiger partial charge in [0.25, 0.3) is 0 Å². The molecule has 3 rings (SSSR count). The van der Waals surface area contributed by atoms with Gasteiger partial charge in [0.05, 0.1) is 13.0 Å². The molecule has 0 spiro atoms. The molecule has 1 aromatic rings. The van der Waals surface area contributed by atoms with E-state index < -0.39 is 6.04 Å². The lowest BCUT2D eigenvalue weighted by molar-refractivity contribution is -0.145. The van der Waals surface area contributed by atoms with Crippen molar-refractivity contribution in [2.45, 2.75) is 26.3 Å². The summed E-state index contributed by atoms with van der Waals surface area (Å²) in [5.74, 6) is -0.624. The fourth-order valence-corrected chi connectivity index (χ4v) is 3.94. The van der Waals surface area contributed by atoms with Crippen LogP contribution in [-0.4, -0.2) is 91.3 Å². The molecule has 1 unspecified atom stereocenters. The van der Waals surface area contributed by atoms with Gasteiger partial charge in [-0.3, -0.25) is 19.3 Å². The van der Waals surface area contributed by atoms with Gasteiger partial charge >= 0.3 is 0 Å². The first-order chi connectivity index (χ1) is 13.8. The Morgan fingerprint density at radius 1 is 1.07 bits per heavy atom. The number of carbonyl (C=O) groups excluding carboxylic acids is 3. The molecule has 2 heterocycles. The summed E-state index contributed by atoms with van der Waals surface area (Å²) in [6.07, 6.45) is -0.0483. The number of rotatable bonds is 5. The first kappa shape index (κ1) is 21.3. The number of carbonyl (C=O) groups is 3. The van der Waals surface area contributed by atoms with E-state index >= 15 is 0 Å². The fourth-order valence-electron chi connectivity index (χ4n) is 3.94. The molecule has 0 bridgehead atoms.